The van der Waals surface area contributed by atoms with Crippen LogP contribution in [0.1, 0.15) is 35.2 Å². The number of halogens is 3. The first-order chi connectivity index (χ1) is 12.7. The van der Waals surface area contributed by atoms with E-state index in [1.54, 1.807) is 12.1 Å². The highest BCUT2D eigenvalue weighted by Gasteiger charge is 2.33. The van der Waals surface area contributed by atoms with E-state index in [1.165, 1.54) is 18.0 Å². The molecule has 3 rings (SSSR count). The summed E-state index contributed by atoms with van der Waals surface area (Å²) >= 11 is 1.46. The van der Waals surface area contributed by atoms with E-state index in [2.05, 4.69) is 25.3 Å². The molecule has 0 saturated heterocycles. The number of amides is 1. The molecule has 0 spiro atoms. The van der Waals surface area contributed by atoms with Gasteiger partial charge in [0.25, 0.3) is 5.91 Å². The highest BCUT2D eigenvalue weighted by molar-refractivity contribution is 8.13. The molecule has 1 aliphatic heterocycles. The molecule has 0 saturated carbocycles. The molecule has 1 atom stereocenters. The summed E-state index contributed by atoms with van der Waals surface area (Å²) in [4.78, 5) is 27.7. The van der Waals surface area contributed by atoms with Crippen LogP contribution in [0.15, 0.2) is 35.7 Å². The minimum atomic E-state index is -4.61. The van der Waals surface area contributed by atoms with Crippen LogP contribution in [0.3, 0.4) is 0 Å². The van der Waals surface area contributed by atoms with Crippen LogP contribution in [-0.4, -0.2) is 31.8 Å². The second-order valence-electron chi connectivity index (χ2n) is 5.99. The third-order valence-corrected chi connectivity index (χ3v) is 4.74. The SMILES string of the molecule is C[C@@]1(c2cc(NC(=O)c3cnc(C(F)(F)F)cn3)ccn2)CCSC(N)=N1. The van der Waals surface area contributed by atoms with E-state index in [1.807, 2.05) is 6.92 Å². The van der Waals surface area contributed by atoms with Crippen LogP contribution in [0.25, 0.3) is 0 Å². The fraction of sp³-hybridized carbons (Fsp3) is 0.312. The number of amidine groups is 1. The summed E-state index contributed by atoms with van der Waals surface area (Å²) in [7, 11) is 0. The number of nitrogens with zero attached hydrogens (tertiary/aromatic N) is 4. The molecule has 1 aliphatic rings. The van der Waals surface area contributed by atoms with E-state index in [-0.39, 0.29) is 5.69 Å². The first kappa shape index (κ1) is 19.1. The van der Waals surface area contributed by atoms with Gasteiger partial charge in [-0.25, -0.2) is 15.0 Å². The summed E-state index contributed by atoms with van der Waals surface area (Å²) in [6.07, 6.45) is -1.07. The molecular formula is C16H15F3N6OS. The molecule has 7 nitrogen and oxygen atoms in total. The third-order valence-electron chi connectivity index (χ3n) is 3.94. The van der Waals surface area contributed by atoms with Crippen molar-refractivity contribution in [1.29, 1.82) is 0 Å². The fourth-order valence-corrected chi connectivity index (χ4v) is 3.44. The van der Waals surface area contributed by atoms with Crippen LogP contribution in [0.5, 0.6) is 0 Å². The molecule has 11 heteroatoms. The van der Waals surface area contributed by atoms with Gasteiger partial charge in [-0.2, -0.15) is 13.2 Å². The van der Waals surface area contributed by atoms with Gasteiger partial charge in [0, 0.05) is 17.6 Å². The fourth-order valence-electron chi connectivity index (χ4n) is 2.46. The number of alkyl halides is 3. The zero-order valence-corrected chi connectivity index (χ0v) is 14.9. The Bertz CT molecular complexity index is 886. The van der Waals surface area contributed by atoms with Crippen molar-refractivity contribution in [3.8, 4) is 0 Å². The van der Waals surface area contributed by atoms with Gasteiger partial charge in [0.2, 0.25) is 0 Å². The smallest absolute Gasteiger partial charge is 0.379 e. The van der Waals surface area contributed by atoms with E-state index in [0.717, 1.165) is 18.4 Å². The highest BCUT2D eigenvalue weighted by atomic mass is 32.2. The Morgan fingerprint density at radius 2 is 2.07 bits per heavy atom. The molecule has 0 fully saturated rings. The monoisotopic (exact) mass is 396 g/mol. The van der Waals surface area contributed by atoms with Gasteiger partial charge in [0.05, 0.1) is 18.1 Å². The molecule has 27 heavy (non-hydrogen) atoms. The van der Waals surface area contributed by atoms with Crippen LogP contribution >= 0.6 is 11.8 Å². The molecule has 142 valence electrons. The maximum atomic E-state index is 12.5. The summed E-state index contributed by atoms with van der Waals surface area (Å²) in [5.74, 6) is 0.117. The van der Waals surface area contributed by atoms with Gasteiger partial charge in [0.15, 0.2) is 10.9 Å². The number of thioether (sulfide) groups is 1. The normalized spacial score (nSPS) is 20.1. The number of nitrogens with one attached hydrogen (secondary N) is 1. The van der Waals surface area contributed by atoms with Gasteiger partial charge in [0.1, 0.15) is 11.2 Å². The van der Waals surface area contributed by atoms with Crippen molar-refractivity contribution < 1.29 is 18.0 Å². The van der Waals surface area contributed by atoms with Crippen LogP contribution in [-0.2, 0) is 11.7 Å². The molecule has 0 aliphatic carbocycles. The van der Waals surface area contributed by atoms with Crippen LogP contribution < -0.4 is 11.1 Å². The van der Waals surface area contributed by atoms with Crippen molar-refractivity contribution in [1.82, 2.24) is 15.0 Å². The van der Waals surface area contributed by atoms with Crippen LogP contribution in [0, 0.1) is 0 Å². The molecule has 3 N–H and O–H groups in total. The average molecular weight is 396 g/mol. The molecule has 0 radical (unpaired) electrons. The summed E-state index contributed by atoms with van der Waals surface area (Å²) in [6.45, 7) is 1.90. The second-order valence-corrected chi connectivity index (χ2v) is 7.11. The first-order valence-corrected chi connectivity index (χ1v) is 8.81. The lowest BCUT2D eigenvalue weighted by Gasteiger charge is -2.28. The molecular weight excluding hydrogens is 381 g/mol. The average Bonchev–Trinajstić information content (AvgIpc) is 2.61. The van der Waals surface area contributed by atoms with Crippen molar-refractivity contribution in [3.63, 3.8) is 0 Å². The molecule has 2 aromatic heterocycles. The van der Waals surface area contributed by atoms with E-state index in [0.29, 0.717) is 22.7 Å². The largest absolute Gasteiger partial charge is 0.434 e. The van der Waals surface area contributed by atoms with Crippen LogP contribution in [0.4, 0.5) is 18.9 Å². The number of pyridine rings is 1. The number of hydrogen-bond acceptors (Lipinski definition) is 7. The Labute approximate surface area is 156 Å². The molecule has 0 unspecified atom stereocenters. The second kappa shape index (κ2) is 7.14. The van der Waals surface area contributed by atoms with Crippen molar-refractivity contribution in [2.45, 2.75) is 25.1 Å². The molecule has 3 heterocycles. The van der Waals surface area contributed by atoms with E-state index in [9.17, 15) is 18.0 Å². The van der Waals surface area contributed by atoms with E-state index in [4.69, 9.17) is 5.73 Å². The Morgan fingerprint density at radius 3 is 2.70 bits per heavy atom. The number of carbonyl (C=O) groups excluding carboxylic acids is 1. The van der Waals surface area contributed by atoms with Gasteiger partial charge in [-0.15, -0.1) is 0 Å². The topological polar surface area (TPSA) is 106 Å². The summed E-state index contributed by atoms with van der Waals surface area (Å²) in [5, 5.41) is 3.05. The van der Waals surface area contributed by atoms with Crippen molar-refractivity contribution >= 4 is 28.5 Å². The number of carbonyl (C=O) groups is 1. The number of rotatable bonds is 3. The Balaban J connectivity index is 1.78. The lowest BCUT2D eigenvalue weighted by atomic mass is 9.94. The predicted molar refractivity (Wildman–Crippen MR) is 95.3 cm³/mol. The lowest BCUT2D eigenvalue weighted by Crippen LogP contribution is -2.29. The quantitative estimate of drug-likeness (QED) is 0.826. The Kier molecular flexibility index (Phi) is 5.05. The third kappa shape index (κ3) is 4.35. The van der Waals surface area contributed by atoms with Crippen LogP contribution in [0.2, 0.25) is 0 Å². The summed E-state index contributed by atoms with van der Waals surface area (Å²) in [6, 6.07) is 3.22. The van der Waals surface area contributed by atoms with Gasteiger partial charge < -0.3 is 11.1 Å². The number of anilines is 1. The molecule has 0 aromatic carbocycles. The molecule has 1 amide bonds. The van der Waals surface area contributed by atoms with Gasteiger partial charge in [-0.3, -0.25) is 9.78 Å². The zero-order chi connectivity index (χ0) is 19.7. The predicted octanol–water partition coefficient (Wildman–Crippen LogP) is 2.81. The summed E-state index contributed by atoms with van der Waals surface area (Å²) < 4.78 is 37.6. The maximum absolute atomic E-state index is 12.5. The molecule has 0 bridgehead atoms. The van der Waals surface area contributed by atoms with Crippen molar-refractivity contribution in [2.75, 3.05) is 11.1 Å². The first-order valence-electron chi connectivity index (χ1n) is 7.83. The maximum Gasteiger partial charge on any atom is 0.434 e. The minimum Gasteiger partial charge on any atom is -0.379 e. The zero-order valence-electron chi connectivity index (χ0n) is 14.1. The highest BCUT2D eigenvalue weighted by Crippen LogP contribution is 2.34. The van der Waals surface area contributed by atoms with Gasteiger partial charge in [-0.1, -0.05) is 11.8 Å². The molecule has 2 aromatic rings. The minimum absolute atomic E-state index is 0.232. The number of aliphatic imine (C=N–C) groups is 1. The van der Waals surface area contributed by atoms with E-state index >= 15 is 0 Å². The standard InChI is InChI=1S/C16H15F3N6OS/c1-15(3-5-27-14(20)25-15)11-6-9(2-4-21-11)24-13(26)10-7-23-12(8-22-10)16(17,18)19/h2,4,6-8H,3,5H2,1H3,(H2,20,25)(H,21,24,26)/t15-/m0/s1. The lowest BCUT2D eigenvalue weighted by molar-refractivity contribution is -0.141. The number of aromatic nitrogens is 3. The number of nitrogens with two attached hydrogens (primary N) is 1. The Hall–Kier alpha value is -2.69. The van der Waals surface area contributed by atoms with E-state index < -0.39 is 23.3 Å². The van der Waals surface area contributed by atoms with Crippen molar-refractivity contribution in [2.24, 2.45) is 10.7 Å². The summed E-state index contributed by atoms with van der Waals surface area (Å²) in [5.41, 5.74) is 4.85. The Morgan fingerprint density at radius 1 is 1.30 bits per heavy atom. The van der Waals surface area contributed by atoms with Gasteiger partial charge in [-0.05, 0) is 25.5 Å². The van der Waals surface area contributed by atoms with Gasteiger partial charge >= 0.3 is 6.18 Å². The van der Waals surface area contributed by atoms with Crippen molar-refractivity contribution in [3.05, 3.63) is 47.8 Å². The number of hydrogen-bond donors (Lipinski definition) is 2.